The van der Waals surface area contributed by atoms with Gasteiger partial charge in [-0.3, -0.25) is 5.41 Å². The summed E-state index contributed by atoms with van der Waals surface area (Å²) >= 11 is 0. The molecular weight excluding hydrogens is 276 g/mol. The normalized spacial score (nSPS) is 20.6. The van der Waals surface area contributed by atoms with Gasteiger partial charge in [-0.15, -0.1) is 0 Å². The minimum Gasteiger partial charge on any atom is -0.386 e. The Morgan fingerprint density at radius 2 is 2.05 bits per heavy atom. The summed E-state index contributed by atoms with van der Waals surface area (Å²) in [7, 11) is -3.97. The number of hydrogen-bond donors (Lipinski definition) is 2. The van der Waals surface area contributed by atoms with Crippen molar-refractivity contribution >= 4 is 15.9 Å². The summed E-state index contributed by atoms with van der Waals surface area (Å²) in [4.78, 5) is -0.334. The summed E-state index contributed by atoms with van der Waals surface area (Å²) in [5.41, 5.74) is 5.36. The van der Waals surface area contributed by atoms with Crippen molar-refractivity contribution in [1.82, 2.24) is 4.31 Å². The highest BCUT2D eigenvalue weighted by Gasteiger charge is 2.37. The van der Waals surface area contributed by atoms with Crippen LogP contribution in [0.3, 0.4) is 0 Å². The largest absolute Gasteiger partial charge is 0.386 e. The highest BCUT2D eigenvalue weighted by molar-refractivity contribution is 7.89. The van der Waals surface area contributed by atoms with Gasteiger partial charge in [-0.25, -0.2) is 17.2 Å². The van der Waals surface area contributed by atoms with Crippen LogP contribution in [0, 0.1) is 17.0 Å². The summed E-state index contributed by atoms with van der Waals surface area (Å²) in [5.74, 6) is -2.58. The molecular formula is C11H13F2N3O2S. The number of hydrogen-bond acceptors (Lipinski definition) is 3. The molecule has 1 aromatic carbocycles. The van der Waals surface area contributed by atoms with Crippen LogP contribution in [0.1, 0.15) is 12.8 Å². The number of rotatable bonds is 3. The number of halogens is 2. The molecule has 1 heterocycles. The molecule has 0 spiro atoms. The zero-order valence-electron chi connectivity index (χ0n) is 9.94. The predicted molar refractivity (Wildman–Crippen MR) is 65.2 cm³/mol. The van der Waals surface area contributed by atoms with Crippen molar-refractivity contribution in [3.05, 3.63) is 29.8 Å². The molecule has 0 bridgehead atoms. The van der Waals surface area contributed by atoms with E-state index < -0.39 is 27.7 Å². The van der Waals surface area contributed by atoms with Crippen LogP contribution in [0.5, 0.6) is 0 Å². The van der Waals surface area contributed by atoms with E-state index in [0.29, 0.717) is 18.9 Å². The van der Waals surface area contributed by atoms with Crippen LogP contribution in [0.4, 0.5) is 8.78 Å². The van der Waals surface area contributed by atoms with Gasteiger partial charge in [0.25, 0.3) is 0 Å². The Bertz CT molecular complexity index is 618. The second kappa shape index (κ2) is 4.86. The number of benzene rings is 1. The number of nitrogens with zero attached hydrogens (tertiary/aromatic N) is 1. The molecule has 0 amide bonds. The van der Waals surface area contributed by atoms with Crippen LogP contribution < -0.4 is 5.73 Å². The van der Waals surface area contributed by atoms with Gasteiger partial charge >= 0.3 is 0 Å². The molecule has 19 heavy (non-hydrogen) atoms. The van der Waals surface area contributed by atoms with Gasteiger partial charge in [0.15, 0.2) is 11.6 Å². The van der Waals surface area contributed by atoms with Gasteiger partial charge in [0.2, 0.25) is 10.0 Å². The molecule has 0 saturated carbocycles. The van der Waals surface area contributed by atoms with Gasteiger partial charge in [-0.05, 0) is 31.0 Å². The van der Waals surface area contributed by atoms with E-state index >= 15 is 0 Å². The quantitative estimate of drug-likeness (QED) is 0.644. The standard InChI is InChI=1S/C11H13F2N3O2S/c12-8-4-3-7(6-9(8)13)19(17,18)16-5-1-2-10(16)11(14)15/h3-4,6,10H,1-2,5H2,(H3,14,15). The minimum atomic E-state index is -3.97. The van der Waals surface area contributed by atoms with E-state index in [1.54, 1.807) is 0 Å². The van der Waals surface area contributed by atoms with Crippen molar-refractivity contribution < 1.29 is 17.2 Å². The first-order valence-corrected chi connectivity index (χ1v) is 7.09. The Balaban J connectivity index is 2.42. The molecule has 1 atom stereocenters. The first kappa shape index (κ1) is 13.9. The number of amidine groups is 1. The van der Waals surface area contributed by atoms with Crippen molar-refractivity contribution in [2.45, 2.75) is 23.8 Å². The molecule has 1 unspecified atom stereocenters. The predicted octanol–water partition coefficient (Wildman–Crippen LogP) is 1.05. The maximum absolute atomic E-state index is 13.1. The third-order valence-corrected chi connectivity index (χ3v) is 4.96. The molecule has 8 heteroatoms. The molecule has 1 aliphatic heterocycles. The van der Waals surface area contributed by atoms with E-state index in [1.165, 1.54) is 0 Å². The lowest BCUT2D eigenvalue weighted by atomic mass is 10.2. The molecule has 3 N–H and O–H groups in total. The van der Waals surface area contributed by atoms with Crippen LogP contribution in [0.25, 0.3) is 0 Å². The number of nitrogens with two attached hydrogens (primary N) is 1. The van der Waals surface area contributed by atoms with Crippen molar-refractivity contribution in [2.24, 2.45) is 5.73 Å². The average Bonchev–Trinajstić information content (AvgIpc) is 2.82. The lowest BCUT2D eigenvalue weighted by Gasteiger charge is -2.23. The summed E-state index contributed by atoms with van der Waals surface area (Å²) < 4.78 is 51.6. The van der Waals surface area contributed by atoms with Gasteiger partial charge in [0.05, 0.1) is 10.9 Å². The highest BCUT2D eigenvalue weighted by atomic mass is 32.2. The van der Waals surface area contributed by atoms with Crippen LogP contribution in [-0.4, -0.2) is 31.1 Å². The van der Waals surface area contributed by atoms with Crippen LogP contribution in [-0.2, 0) is 10.0 Å². The fourth-order valence-electron chi connectivity index (χ4n) is 2.11. The molecule has 1 fully saturated rings. The van der Waals surface area contributed by atoms with Gasteiger partial charge in [-0.2, -0.15) is 4.31 Å². The topological polar surface area (TPSA) is 87.2 Å². The summed E-state index contributed by atoms with van der Waals surface area (Å²) in [6.07, 6.45) is 1.03. The molecule has 104 valence electrons. The molecule has 1 aliphatic rings. The first-order valence-electron chi connectivity index (χ1n) is 5.65. The number of sulfonamides is 1. The maximum atomic E-state index is 13.1. The average molecular weight is 289 g/mol. The maximum Gasteiger partial charge on any atom is 0.243 e. The SMILES string of the molecule is N=C(N)C1CCCN1S(=O)(=O)c1ccc(F)c(F)c1. The van der Waals surface area contributed by atoms with E-state index in [2.05, 4.69) is 0 Å². The van der Waals surface area contributed by atoms with Crippen molar-refractivity contribution in [3.63, 3.8) is 0 Å². The van der Waals surface area contributed by atoms with Gasteiger partial charge in [0.1, 0.15) is 5.84 Å². The molecule has 1 saturated heterocycles. The van der Waals surface area contributed by atoms with E-state index in [4.69, 9.17) is 11.1 Å². The van der Waals surface area contributed by atoms with Crippen molar-refractivity contribution in [2.75, 3.05) is 6.54 Å². The third kappa shape index (κ3) is 2.45. The van der Waals surface area contributed by atoms with E-state index in [-0.39, 0.29) is 17.3 Å². The fraction of sp³-hybridized carbons (Fsp3) is 0.364. The lowest BCUT2D eigenvalue weighted by Crippen LogP contribution is -2.43. The molecule has 0 aliphatic carbocycles. The van der Waals surface area contributed by atoms with Crippen molar-refractivity contribution in [3.8, 4) is 0 Å². The molecule has 1 aromatic rings. The molecule has 5 nitrogen and oxygen atoms in total. The van der Waals surface area contributed by atoms with Crippen LogP contribution in [0.15, 0.2) is 23.1 Å². The molecule has 0 aromatic heterocycles. The third-order valence-electron chi connectivity index (χ3n) is 3.06. The van der Waals surface area contributed by atoms with Gasteiger partial charge < -0.3 is 5.73 Å². The summed E-state index contributed by atoms with van der Waals surface area (Å²) in [6.45, 7) is 0.214. The second-order valence-electron chi connectivity index (χ2n) is 4.31. The Kier molecular flexibility index (Phi) is 3.55. The fourth-order valence-corrected chi connectivity index (χ4v) is 3.80. The zero-order chi connectivity index (χ0) is 14.2. The van der Waals surface area contributed by atoms with Crippen molar-refractivity contribution in [1.29, 1.82) is 5.41 Å². The Hall–Kier alpha value is -1.54. The lowest BCUT2D eigenvalue weighted by molar-refractivity contribution is 0.441. The monoisotopic (exact) mass is 289 g/mol. The van der Waals surface area contributed by atoms with Crippen LogP contribution >= 0.6 is 0 Å². The van der Waals surface area contributed by atoms with Gasteiger partial charge in [-0.1, -0.05) is 0 Å². The van der Waals surface area contributed by atoms with E-state index in [9.17, 15) is 17.2 Å². The zero-order valence-corrected chi connectivity index (χ0v) is 10.8. The van der Waals surface area contributed by atoms with E-state index in [1.807, 2.05) is 0 Å². The highest BCUT2D eigenvalue weighted by Crippen LogP contribution is 2.26. The first-order chi connectivity index (χ1) is 8.84. The Labute approximate surface area is 109 Å². The molecule has 2 rings (SSSR count). The van der Waals surface area contributed by atoms with Crippen LogP contribution in [0.2, 0.25) is 0 Å². The number of nitrogens with one attached hydrogen (secondary N) is 1. The summed E-state index contributed by atoms with van der Waals surface area (Å²) in [5, 5.41) is 7.38. The summed E-state index contributed by atoms with van der Waals surface area (Å²) in [6, 6.07) is 1.70. The Morgan fingerprint density at radius 1 is 1.37 bits per heavy atom. The second-order valence-corrected chi connectivity index (χ2v) is 6.20. The van der Waals surface area contributed by atoms with E-state index in [0.717, 1.165) is 16.4 Å². The smallest absolute Gasteiger partial charge is 0.243 e. The minimum absolute atomic E-state index is 0.214. The van der Waals surface area contributed by atoms with Gasteiger partial charge in [0, 0.05) is 6.54 Å². The Morgan fingerprint density at radius 3 is 2.63 bits per heavy atom. The molecule has 0 radical (unpaired) electrons.